The molecule has 0 saturated carbocycles. The monoisotopic (exact) mass is 391 g/mol. The first-order valence-corrected chi connectivity index (χ1v) is 9.35. The molecular weight excluding hydrogens is 370 g/mol. The van der Waals surface area contributed by atoms with Crippen LogP contribution in [0.4, 0.5) is 0 Å². The van der Waals surface area contributed by atoms with E-state index in [0.29, 0.717) is 36.5 Å². The van der Waals surface area contributed by atoms with E-state index in [1.165, 1.54) is 6.07 Å². The van der Waals surface area contributed by atoms with E-state index in [1.807, 2.05) is 37.3 Å². The Kier molecular flexibility index (Phi) is 5.03. The molecule has 29 heavy (non-hydrogen) atoms. The molecule has 4 rings (SSSR count). The van der Waals surface area contributed by atoms with Crippen LogP contribution >= 0.6 is 0 Å². The summed E-state index contributed by atoms with van der Waals surface area (Å²) in [5.74, 6) is 1.23. The van der Waals surface area contributed by atoms with Crippen LogP contribution in [0.1, 0.15) is 23.4 Å². The fraction of sp³-hybridized carbons (Fsp3) is 0.227. The van der Waals surface area contributed by atoms with Crippen molar-refractivity contribution in [1.82, 2.24) is 15.3 Å². The van der Waals surface area contributed by atoms with E-state index in [9.17, 15) is 9.59 Å². The first-order valence-electron chi connectivity index (χ1n) is 9.35. The molecule has 2 aromatic heterocycles. The summed E-state index contributed by atoms with van der Waals surface area (Å²) in [5.41, 5.74) is 3.62. The number of nitrogens with one attached hydrogen (secondary N) is 2. The van der Waals surface area contributed by atoms with Gasteiger partial charge in [0.15, 0.2) is 0 Å². The number of aromatic amines is 1. The van der Waals surface area contributed by atoms with E-state index >= 15 is 0 Å². The summed E-state index contributed by atoms with van der Waals surface area (Å²) >= 11 is 0. The number of aromatic nitrogens is 2. The number of hydrogen-bond acceptors (Lipinski definition) is 5. The third-order valence-corrected chi connectivity index (χ3v) is 4.87. The summed E-state index contributed by atoms with van der Waals surface area (Å²) in [5, 5.41) is 3.73. The normalized spacial score (nSPS) is 11.1. The van der Waals surface area contributed by atoms with Gasteiger partial charge in [0.2, 0.25) is 5.91 Å². The second-order valence-corrected chi connectivity index (χ2v) is 6.89. The lowest BCUT2D eigenvalue weighted by Gasteiger charge is -2.11. The quantitative estimate of drug-likeness (QED) is 0.492. The molecule has 0 radical (unpaired) electrons. The lowest BCUT2D eigenvalue weighted by Crippen LogP contribution is -2.23. The Bertz CT molecular complexity index is 1220. The van der Waals surface area contributed by atoms with Crippen molar-refractivity contribution in [3.8, 4) is 5.75 Å². The number of hydrogen-bond donors (Lipinski definition) is 2. The highest BCUT2D eigenvalue weighted by Gasteiger charge is 2.12. The number of H-pyrrole nitrogens is 1. The van der Waals surface area contributed by atoms with Crippen molar-refractivity contribution in [3.63, 3.8) is 0 Å². The molecule has 0 aliphatic rings. The van der Waals surface area contributed by atoms with Crippen molar-refractivity contribution < 1.29 is 13.9 Å². The molecule has 0 aliphatic carbocycles. The zero-order chi connectivity index (χ0) is 20.4. The van der Waals surface area contributed by atoms with Crippen LogP contribution in [-0.2, 0) is 17.8 Å². The van der Waals surface area contributed by atoms with Gasteiger partial charge in [0.05, 0.1) is 24.7 Å². The van der Waals surface area contributed by atoms with Crippen molar-refractivity contribution in [1.29, 1.82) is 0 Å². The Balaban J connectivity index is 1.44. The number of amides is 1. The molecule has 0 saturated heterocycles. The maximum absolute atomic E-state index is 12.3. The lowest BCUT2D eigenvalue weighted by molar-refractivity contribution is -0.121. The molecule has 4 aromatic rings. The average molecular weight is 391 g/mol. The van der Waals surface area contributed by atoms with Crippen LogP contribution < -0.4 is 15.7 Å². The largest absolute Gasteiger partial charge is 0.496 e. The Labute approximate surface area is 166 Å². The number of carbonyl (C=O) groups is 1. The predicted octanol–water partition coefficient (Wildman–Crippen LogP) is 3.24. The summed E-state index contributed by atoms with van der Waals surface area (Å²) in [4.78, 5) is 31.6. The smallest absolute Gasteiger partial charge is 0.336 e. The van der Waals surface area contributed by atoms with E-state index in [1.54, 1.807) is 13.2 Å². The van der Waals surface area contributed by atoms with E-state index in [4.69, 9.17) is 9.15 Å². The minimum absolute atomic E-state index is 0.0797. The van der Waals surface area contributed by atoms with E-state index in [2.05, 4.69) is 15.3 Å². The summed E-state index contributed by atoms with van der Waals surface area (Å²) in [6.45, 7) is 2.20. The molecule has 0 atom stereocenters. The molecule has 2 N–H and O–H groups in total. The summed E-state index contributed by atoms with van der Waals surface area (Å²) in [6, 6.07) is 12.8. The van der Waals surface area contributed by atoms with Gasteiger partial charge in [-0.3, -0.25) is 4.79 Å². The highest BCUT2D eigenvalue weighted by molar-refractivity contribution is 5.83. The average Bonchev–Trinajstić information content (AvgIpc) is 3.13. The molecule has 0 unspecified atom stereocenters. The van der Waals surface area contributed by atoms with Crippen LogP contribution in [-0.4, -0.2) is 23.0 Å². The lowest BCUT2D eigenvalue weighted by atomic mass is 10.0. The van der Waals surface area contributed by atoms with Gasteiger partial charge in [-0.15, -0.1) is 0 Å². The van der Waals surface area contributed by atoms with Crippen molar-refractivity contribution in [2.75, 3.05) is 7.11 Å². The van der Waals surface area contributed by atoms with Crippen LogP contribution in [0.5, 0.6) is 5.75 Å². The van der Waals surface area contributed by atoms with Gasteiger partial charge in [-0.25, -0.2) is 9.78 Å². The topological polar surface area (TPSA) is 97.2 Å². The summed E-state index contributed by atoms with van der Waals surface area (Å²) < 4.78 is 10.7. The van der Waals surface area contributed by atoms with Gasteiger partial charge >= 0.3 is 5.63 Å². The van der Waals surface area contributed by atoms with E-state index in [-0.39, 0.29) is 5.91 Å². The first-order chi connectivity index (χ1) is 14.0. The molecular formula is C22H21N3O4. The molecule has 0 fully saturated rings. The van der Waals surface area contributed by atoms with Crippen molar-refractivity contribution >= 4 is 27.9 Å². The number of para-hydroxylation sites is 2. The molecule has 0 aliphatic heterocycles. The number of benzene rings is 2. The molecule has 0 spiro atoms. The Morgan fingerprint density at radius 2 is 2.07 bits per heavy atom. The fourth-order valence-electron chi connectivity index (χ4n) is 3.38. The number of ether oxygens (including phenoxy) is 1. The fourth-order valence-corrected chi connectivity index (χ4v) is 3.38. The Hall–Kier alpha value is -3.61. The number of nitrogens with zero attached hydrogens (tertiary/aromatic N) is 1. The van der Waals surface area contributed by atoms with Crippen LogP contribution in [0, 0.1) is 6.92 Å². The minimum atomic E-state index is -0.394. The first kappa shape index (κ1) is 18.7. The van der Waals surface area contributed by atoms with Gasteiger partial charge in [0.1, 0.15) is 17.2 Å². The van der Waals surface area contributed by atoms with Gasteiger partial charge < -0.3 is 19.5 Å². The van der Waals surface area contributed by atoms with Gasteiger partial charge in [-0.1, -0.05) is 12.1 Å². The number of imidazole rings is 1. The number of aryl methyl sites for hydroxylation is 2. The molecule has 7 heteroatoms. The van der Waals surface area contributed by atoms with Crippen LogP contribution in [0.15, 0.2) is 51.7 Å². The molecule has 2 aromatic carbocycles. The van der Waals surface area contributed by atoms with E-state index in [0.717, 1.165) is 27.5 Å². The number of rotatable bonds is 6. The number of carbonyl (C=O) groups excluding carboxylic acids is 1. The van der Waals surface area contributed by atoms with Gasteiger partial charge in [0.25, 0.3) is 0 Å². The van der Waals surface area contributed by atoms with Crippen LogP contribution in [0.2, 0.25) is 0 Å². The van der Waals surface area contributed by atoms with Crippen LogP contribution in [0.3, 0.4) is 0 Å². The van der Waals surface area contributed by atoms with Gasteiger partial charge in [-0.05, 0) is 42.7 Å². The van der Waals surface area contributed by atoms with Crippen molar-refractivity contribution in [2.45, 2.75) is 26.3 Å². The minimum Gasteiger partial charge on any atom is -0.496 e. The van der Waals surface area contributed by atoms with Crippen molar-refractivity contribution in [3.05, 3.63) is 69.8 Å². The Morgan fingerprint density at radius 3 is 2.86 bits per heavy atom. The highest BCUT2D eigenvalue weighted by atomic mass is 16.5. The second-order valence-electron chi connectivity index (χ2n) is 6.89. The van der Waals surface area contributed by atoms with Gasteiger partial charge in [-0.2, -0.15) is 0 Å². The van der Waals surface area contributed by atoms with Crippen molar-refractivity contribution in [2.24, 2.45) is 0 Å². The third-order valence-electron chi connectivity index (χ3n) is 4.87. The summed E-state index contributed by atoms with van der Waals surface area (Å²) in [7, 11) is 1.56. The SMILES string of the molecule is COc1cc2oc(=O)cc(C)c2cc1CCC(=O)NCc1nc2ccccc2[nH]1. The second kappa shape index (κ2) is 7.79. The zero-order valence-electron chi connectivity index (χ0n) is 16.2. The highest BCUT2D eigenvalue weighted by Crippen LogP contribution is 2.28. The predicted molar refractivity (Wildman–Crippen MR) is 110 cm³/mol. The maximum atomic E-state index is 12.3. The standard InChI is InChI=1S/C22H21N3O4/c1-13-9-22(27)29-19-11-18(28-2)14(10-15(13)19)7-8-21(26)23-12-20-24-16-5-3-4-6-17(16)25-20/h3-6,9-11H,7-8,12H2,1-2H3,(H,23,26)(H,24,25). The summed E-state index contributed by atoms with van der Waals surface area (Å²) in [6.07, 6.45) is 0.807. The number of fused-ring (bicyclic) bond motifs is 2. The molecule has 148 valence electrons. The molecule has 7 nitrogen and oxygen atoms in total. The molecule has 0 bridgehead atoms. The van der Waals surface area contributed by atoms with Gasteiger partial charge in [0, 0.05) is 23.9 Å². The Morgan fingerprint density at radius 1 is 1.24 bits per heavy atom. The van der Waals surface area contributed by atoms with Crippen LogP contribution in [0.25, 0.3) is 22.0 Å². The molecule has 1 amide bonds. The maximum Gasteiger partial charge on any atom is 0.336 e. The number of methoxy groups -OCH3 is 1. The molecule has 2 heterocycles. The van der Waals surface area contributed by atoms with E-state index < -0.39 is 5.63 Å². The third kappa shape index (κ3) is 3.99. The zero-order valence-corrected chi connectivity index (χ0v) is 16.2.